The summed E-state index contributed by atoms with van der Waals surface area (Å²) in [5.74, 6) is 0.300. The van der Waals surface area contributed by atoms with Gasteiger partial charge in [-0.3, -0.25) is 15.1 Å². The predicted molar refractivity (Wildman–Crippen MR) is 93.8 cm³/mol. The minimum atomic E-state index is -0.725. The maximum atomic E-state index is 12.4. The fourth-order valence-corrected chi connectivity index (χ4v) is 2.58. The van der Waals surface area contributed by atoms with E-state index >= 15 is 0 Å². The van der Waals surface area contributed by atoms with Crippen molar-refractivity contribution in [2.75, 3.05) is 14.2 Å². The fraction of sp³-hybridized carbons (Fsp3) is 0.235. The lowest BCUT2D eigenvalue weighted by Crippen LogP contribution is -2.07. The second-order valence-electron chi connectivity index (χ2n) is 5.21. The number of aliphatic imine (C=N–C) groups is 1. The van der Waals surface area contributed by atoms with Gasteiger partial charge in [0.15, 0.2) is 11.5 Å². The van der Waals surface area contributed by atoms with Crippen LogP contribution in [0, 0.1) is 24.0 Å². The number of halogens is 1. The highest BCUT2D eigenvalue weighted by Gasteiger charge is 2.20. The molecule has 8 heteroatoms. The van der Waals surface area contributed by atoms with Gasteiger partial charge < -0.3 is 14.6 Å². The van der Waals surface area contributed by atoms with Crippen LogP contribution in [0.2, 0.25) is 5.02 Å². The van der Waals surface area contributed by atoms with Gasteiger partial charge >= 0.3 is 0 Å². The van der Waals surface area contributed by atoms with Crippen molar-refractivity contribution in [1.82, 2.24) is 0 Å². The molecule has 0 saturated heterocycles. The standard InChI is InChI=1S/C17H17ClN2O5/c1-9-12(17(21)16(20(22)23)10(2)15(9)18)8-19-11-5-6-13(24-3)14(7-11)25-4/h5-8,21H,1-4H3/p-1. The van der Waals surface area contributed by atoms with E-state index in [1.165, 1.54) is 27.4 Å². The molecule has 2 aromatic carbocycles. The Morgan fingerprint density at radius 1 is 1.16 bits per heavy atom. The predicted octanol–water partition coefficient (Wildman–Crippen LogP) is 3.71. The highest BCUT2D eigenvalue weighted by atomic mass is 35.5. The average molecular weight is 364 g/mol. The van der Waals surface area contributed by atoms with Crippen molar-refractivity contribution in [2.24, 2.45) is 4.99 Å². The molecule has 0 aromatic heterocycles. The molecule has 0 amide bonds. The van der Waals surface area contributed by atoms with Gasteiger partial charge in [-0.15, -0.1) is 0 Å². The Kier molecular flexibility index (Phi) is 5.48. The maximum Gasteiger partial charge on any atom is 0.266 e. The summed E-state index contributed by atoms with van der Waals surface area (Å²) in [5, 5.41) is 23.8. The second-order valence-corrected chi connectivity index (χ2v) is 5.59. The van der Waals surface area contributed by atoms with Crippen molar-refractivity contribution >= 4 is 29.2 Å². The summed E-state index contributed by atoms with van der Waals surface area (Å²) >= 11 is 6.13. The minimum Gasteiger partial charge on any atom is -0.867 e. The molecule has 0 atom stereocenters. The number of methoxy groups -OCH3 is 2. The van der Waals surface area contributed by atoms with Gasteiger partial charge in [-0.1, -0.05) is 11.6 Å². The van der Waals surface area contributed by atoms with Gasteiger partial charge in [-0.05, 0) is 42.9 Å². The van der Waals surface area contributed by atoms with E-state index in [1.807, 2.05) is 0 Å². The minimum absolute atomic E-state index is 0.0806. The molecule has 0 saturated carbocycles. The zero-order chi connectivity index (χ0) is 18.7. The lowest BCUT2D eigenvalue weighted by atomic mass is 10.0. The molecule has 0 spiro atoms. The van der Waals surface area contributed by atoms with Crippen LogP contribution in [0.3, 0.4) is 0 Å². The van der Waals surface area contributed by atoms with E-state index in [4.69, 9.17) is 21.1 Å². The number of hydrogen-bond acceptors (Lipinski definition) is 6. The van der Waals surface area contributed by atoms with Crippen LogP contribution in [0.25, 0.3) is 0 Å². The third-order valence-electron chi connectivity index (χ3n) is 3.77. The molecule has 0 aliphatic heterocycles. The normalized spacial score (nSPS) is 10.9. The van der Waals surface area contributed by atoms with Gasteiger partial charge in [0, 0.05) is 17.8 Å². The topological polar surface area (TPSA) is 97.0 Å². The fourth-order valence-electron chi connectivity index (χ4n) is 2.39. The summed E-state index contributed by atoms with van der Waals surface area (Å²) in [4.78, 5) is 14.6. The summed E-state index contributed by atoms with van der Waals surface area (Å²) in [6, 6.07) is 4.96. The van der Waals surface area contributed by atoms with E-state index in [1.54, 1.807) is 25.1 Å². The van der Waals surface area contributed by atoms with E-state index < -0.39 is 16.4 Å². The van der Waals surface area contributed by atoms with Gasteiger partial charge in [0.25, 0.3) is 5.69 Å². The highest BCUT2D eigenvalue weighted by Crippen LogP contribution is 2.38. The Morgan fingerprint density at radius 3 is 2.36 bits per heavy atom. The smallest absolute Gasteiger partial charge is 0.266 e. The zero-order valence-corrected chi connectivity index (χ0v) is 14.9. The first-order valence-electron chi connectivity index (χ1n) is 7.22. The summed E-state index contributed by atoms with van der Waals surface area (Å²) in [6.45, 7) is 3.07. The largest absolute Gasteiger partial charge is 0.867 e. The molecule has 0 radical (unpaired) electrons. The molecule has 0 heterocycles. The Morgan fingerprint density at radius 2 is 1.80 bits per heavy atom. The molecule has 0 fully saturated rings. The Bertz CT molecular complexity index is 865. The zero-order valence-electron chi connectivity index (χ0n) is 14.1. The lowest BCUT2D eigenvalue weighted by Gasteiger charge is -2.17. The first-order valence-corrected chi connectivity index (χ1v) is 7.59. The second kappa shape index (κ2) is 7.40. The Labute approximate surface area is 149 Å². The molecular weight excluding hydrogens is 348 g/mol. The molecular formula is C17H16ClN2O5-. The molecule has 0 aliphatic carbocycles. The van der Waals surface area contributed by atoms with Crippen LogP contribution in [0.15, 0.2) is 23.2 Å². The van der Waals surface area contributed by atoms with Crippen LogP contribution < -0.4 is 14.6 Å². The molecule has 7 nitrogen and oxygen atoms in total. The van der Waals surface area contributed by atoms with Crippen molar-refractivity contribution in [1.29, 1.82) is 0 Å². The van der Waals surface area contributed by atoms with Crippen LogP contribution in [0.1, 0.15) is 16.7 Å². The molecule has 2 aromatic rings. The molecule has 0 bridgehead atoms. The van der Waals surface area contributed by atoms with E-state index in [-0.39, 0.29) is 16.1 Å². The molecule has 0 unspecified atom stereocenters. The molecule has 2 rings (SSSR count). The Balaban J connectivity index is 2.54. The van der Waals surface area contributed by atoms with Crippen molar-refractivity contribution in [3.63, 3.8) is 0 Å². The van der Waals surface area contributed by atoms with Gasteiger partial charge in [-0.2, -0.15) is 0 Å². The molecule has 0 aliphatic rings. The van der Waals surface area contributed by atoms with Crippen LogP contribution in [-0.4, -0.2) is 25.4 Å². The number of nitro groups is 1. The summed E-state index contributed by atoms with van der Waals surface area (Å²) in [5.41, 5.74) is 0.633. The van der Waals surface area contributed by atoms with Gasteiger partial charge in [0.1, 0.15) is 0 Å². The van der Waals surface area contributed by atoms with E-state index in [9.17, 15) is 15.2 Å². The van der Waals surface area contributed by atoms with E-state index in [0.29, 0.717) is 22.7 Å². The van der Waals surface area contributed by atoms with Crippen molar-refractivity contribution in [3.8, 4) is 17.2 Å². The lowest BCUT2D eigenvalue weighted by molar-refractivity contribution is -0.398. The SMILES string of the molecule is COc1ccc(N=Cc2c(C)c(Cl)c(C)c([N+](=O)[O-])c2[O-])cc1OC. The monoisotopic (exact) mass is 363 g/mol. The number of hydrogen-bond donors (Lipinski definition) is 0. The summed E-state index contributed by atoms with van der Waals surface area (Å²) in [6.07, 6.45) is 1.28. The van der Waals surface area contributed by atoms with Gasteiger partial charge in [-0.25, -0.2) is 0 Å². The number of nitro benzene ring substituents is 1. The van der Waals surface area contributed by atoms with Crippen molar-refractivity contribution in [2.45, 2.75) is 13.8 Å². The van der Waals surface area contributed by atoms with E-state index in [2.05, 4.69) is 4.99 Å². The van der Waals surface area contributed by atoms with Gasteiger partial charge in [0.2, 0.25) is 0 Å². The third-order valence-corrected chi connectivity index (χ3v) is 4.34. The van der Waals surface area contributed by atoms with Crippen LogP contribution in [0.4, 0.5) is 11.4 Å². The number of nitrogens with zero attached hydrogens (tertiary/aromatic N) is 2. The number of rotatable bonds is 5. The molecule has 0 N–H and O–H groups in total. The first-order chi connectivity index (χ1) is 11.8. The van der Waals surface area contributed by atoms with Crippen LogP contribution in [-0.2, 0) is 0 Å². The first kappa shape index (κ1) is 18.5. The number of ether oxygens (including phenoxy) is 2. The molecule has 25 heavy (non-hydrogen) atoms. The van der Waals surface area contributed by atoms with Crippen LogP contribution in [0.5, 0.6) is 17.2 Å². The third kappa shape index (κ3) is 3.51. The highest BCUT2D eigenvalue weighted by molar-refractivity contribution is 6.33. The van der Waals surface area contributed by atoms with Crippen LogP contribution >= 0.6 is 11.6 Å². The summed E-state index contributed by atoms with van der Waals surface area (Å²) < 4.78 is 10.3. The van der Waals surface area contributed by atoms with E-state index in [0.717, 1.165) is 0 Å². The van der Waals surface area contributed by atoms with Gasteiger partial charge in [0.05, 0.1) is 29.9 Å². The van der Waals surface area contributed by atoms with Crippen molar-refractivity contribution in [3.05, 3.63) is 50.0 Å². The quantitative estimate of drug-likeness (QED) is 0.458. The molecule has 132 valence electrons. The number of benzene rings is 2. The Hall–Kier alpha value is -2.80. The van der Waals surface area contributed by atoms with Crippen molar-refractivity contribution < 1.29 is 19.5 Å². The average Bonchev–Trinajstić information content (AvgIpc) is 2.59. The summed E-state index contributed by atoms with van der Waals surface area (Å²) in [7, 11) is 3.01. The maximum absolute atomic E-state index is 12.4.